The van der Waals surface area contributed by atoms with E-state index in [4.69, 9.17) is 9.26 Å². The van der Waals surface area contributed by atoms with Gasteiger partial charge in [0.1, 0.15) is 0 Å². The maximum absolute atomic E-state index is 11.7. The van der Waals surface area contributed by atoms with E-state index in [-0.39, 0.29) is 5.41 Å². The Kier molecular flexibility index (Phi) is 5.12. The van der Waals surface area contributed by atoms with Crippen molar-refractivity contribution in [2.45, 2.75) is 64.7 Å². The fourth-order valence-corrected chi connectivity index (χ4v) is 3.85. The highest BCUT2D eigenvalue weighted by Crippen LogP contribution is 2.48. The van der Waals surface area contributed by atoms with E-state index in [1.165, 1.54) is 39.0 Å². The van der Waals surface area contributed by atoms with Gasteiger partial charge in [-0.1, -0.05) is 32.3 Å². The normalized spacial score (nSPS) is 25.8. The molecule has 0 saturated heterocycles. The molecule has 2 aromatic rings. The summed E-state index contributed by atoms with van der Waals surface area (Å²) in [5.41, 5.74) is 1.36. The van der Waals surface area contributed by atoms with Crippen LogP contribution in [0.4, 0.5) is 0 Å². The number of rotatable bonds is 5. The van der Waals surface area contributed by atoms with Crippen LogP contribution in [0.2, 0.25) is 0 Å². The summed E-state index contributed by atoms with van der Waals surface area (Å²) < 4.78 is 10.4. The Morgan fingerprint density at radius 3 is 2.62 bits per heavy atom. The minimum atomic E-state index is -0.433. The lowest BCUT2D eigenvalue weighted by atomic mass is 9.63. The molecular formula is C20H27N3O3. The van der Waals surface area contributed by atoms with Crippen molar-refractivity contribution in [2.75, 3.05) is 7.11 Å². The smallest absolute Gasteiger partial charge is 0.339 e. The average molecular weight is 357 g/mol. The molecule has 0 bridgehead atoms. The fourth-order valence-electron chi connectivity index (χ4n) is 3.85. The van der Waals surface area contributed by atoms with Crippen LogP contribution in [0.5, 0.6) is 0 Å². The van der Waals surface area contributed by atoms with Crippen LogP contribution in [0.25, 0.3) is 11.4 Å². The summed E-state index contributed by atoms with van der Waals surface area (Å²) in [4.78, 5) is 20.4. The average Bonchev–Trinajstić information content (AvgIpc) is 3.15. The van der Waals surface area contributed by atoms with Gasteiger partial charge in [0, 0.05) is 23.4 Å². The number of pyridine rings is 1. The molecule has 1 fully saturated rings. The molecule has 2 heterocycles. The topological polar surface area (TPSA) is 78.1 Å². The van der Waals surface area contributed by atoms with Gasteiger partial charge in [-0.05, 0) is 43.6 Å². The van der Waals surface area contributed by atoms with Gasteiger partial charge in [-0.2, -0.15) is 4.98 Å². The summed E-state index contributed by atoms with van der Waals surface area (Å²) in [7, 11) is 1.34. The van der Waals surface area contributed by atoms with E-state index in [1.807, 2.05) is 0 Å². The van der Waals surface area contributed by atoms with Crippen molar-refractivity contribution in [2.24, 2.45) is 5.41 Å². The summed E-state index contributed by atoms with van der Waals surface area (Å²) in [6.07, 6.45) is 10.0. The van der Waals surface area contributed by atoms with Gasteiger partial charge in [0.25, 0.3) is 0 Å². The number of aromatic nitrogens is 3. The SMILES string of the molecule is CCCC1(C)CCC(C)(c2nc(-c3cncc(C(=O)OC)c3)no2)CC1. The number of carbonyl (C=O) groups excluding carboxylic acids is 1. The zero-order chi connectivity index (χ0) is 18.8. The molecule has 0 aliphatic heterocycles. The van der Waals surface area contributed by atoms with E-state index >= 15 is 0 Å². The molecule has 26 heavy (non-hydrogen) atoms. The van der Waals surface area contributed by atoms with Crippen molar-refractivity contribution in [3.8, 4) is 11.4 Å². The predicted octanol–water partition coefficient (Wildman–Crippen LogP) is 4.56. The summed E-state index contributed by atoms with van der Waals surface area (Å²) in [5.74, 6) is 0.702. The van der Waals surface area contributed by atoms with Crippen LogP contribution in [0, 0.1) is 5.41 Å². The first-order valence-electron chi connectivity index (χ1n) is 9.27. The van der Waals surface area contributed by atoms with Crippen LogP contribution in [0.3, 0.4) is 0 Å². The zero-order valence-electron chi connectivity index (χ0n) is 16.0. The molecule has 0 amide bonds. The first kappa shape index (κ1) is 18.5. The molecule has 140 valence electrons. The molecule has 0 N–H and O–H groups in total. The maximum atomic E-state index is 11.7. The second-order valence-electron chi connectivity index (χ2n) is 8.00. The summed E-state index contributed by atoms with van der Waals surface area (Å²) in [5, 5.41) is 4.13. The van der Waals surface area contributed by atoms with Gasteiger partial charge in [-0.3, -0.25) is 4.98 Å². The minimum absolute atomic E-state index is 0.0914. The van der Waals surface area contributed by atoms with Crippen LogP contribution in [0.1, 0.15) is 75.5 Å². The molecule has 6 heteroatoms. The quantitative estimate of drug-likeness (QED) is 0.730. The molecule has 2 aromatic heterocycles. The Hall–Kier alpha value is -2.24. The lowest BCUT2D eigenvalue weighted by molar-refractivity contribution is 0.0600. The van der Waals surface area contributed by atoms with Crippen molar-refractivity contribution >= 4 is 5.97 Å². The number of hydrogen-bond donors (Lipinski definition) is 0. The minimum Gasteiger partial charge on any atom is -0.465 e. The van der Waals surface area contributed by atoms with Crippen molar-refractivity contribution in [1.82, 2.24) is 15.1 Å². The van der Waals surface area contributed by atoms with Crippen molar-refractivity contribution in [3.63, 3.8) is 0 Å². The van der Waals surface area contributed by atoms with Crippen molar-refractivity contribution < 1.29 is 14.1 Å². The molecule has 1 aliphatic carbocycles. The van der Waals surface area contributed by atoms with Crippen LogP contribution in [0.15, 0.2) is 23.0 Å². The lowest BCUT2D eigenvalue weighted by Gasteiger charge is -2.41. The third kappa shape index (κ3) is 3.64. The summed E-state index contributed by atoms with van der Waals surface area (Å²) in [6, 6.07) is 1.68. The van der Waals surface area contributed by atoms with Gasteiger partial charge < -0.3 is 9.26 Å². The number of methoxy groups -OCH3 is 1. The molecule has 3 rings (SSSR count). The largest absolute Gasteiger partial charge is 0.465 e. The van der Waals surface area contributed by atoms with Gasteiger partial charge in [0.15, 0.2) is 0 Å². The molecule has 1 saturated carbocycles. The monoisotopic (exact) mass is 357 g/mol. The first-order chi connectivity index (χ1) is 12.4. The van der Waals surface area contributed by atoms with Gasteiger partial charge >= 0.3 is 5.97 Å². The van der Waals surface area contributed by atoms with E-state index in [0.29, 0.717) is 28.3 Å². The van der Waals surface area contributed by atoms with Crippen molar-refractivity contribution in [1.29, 1.82) is 0 Å². The van der Waals surface area contributed by atoms with Crippen LogP contribution in [-0.2, 0) is 10.2 Å². The highest BCUT2D eigenvalue weighted by atomic mass is 16.5. The first-order valence-corrected chi connectivity index (χ1v) is 9.27. The van der Waals surface area contributed by atoms with E-state index < -0.39 is 5.97 Å². The fraction of sp³-hybridized carbons (Fsp3) is 0.600. The third-order valence-corrected chi connectivity index (χ3v) is 5.77. The lowest BCUT2D eigenvalue weighted by Crippen LogP contribution is -2.34. The standard InChI is InChI=1S/C20H27N3O3/c1-5-6-19(2)7-9-20(3,10-8-19)18-22-16(23-26-18)14-11-15(13-21-12-14)17(24)25-4/h11-13H,5-10H2,1-4H3. The van der Waals surface area contributed by atoms with Gasteiger partial charge in [-0.25, -0.2) is 4.79 Å². The molecule has 0 aromatic carbocycles. The number of hydrogen-bond acceptors (Lipinski definition) is 6. The van der Waals surface area contributed by atoms with Crippen LogP contribution in [-0.4, -0.2) is 28.2 Å². The van der Waals surface area contributed by atoms with Gasteiger partial charge in [-0.15, -0.1) is 0 Å². The molecule has 0 atom stereocenters. The van der Waals surface area contributed by atoms with Crippen LogP contribution >= 0.6 is 0 Å². The molecule has 1 aliphatic rings. The van der Waals surface area contributed by atoms with Crippen LogP contribution < -0.4 is 0 Å². The zero-order valence-corrected chi connectivity index (χ0v) is 16.0. The van der Waals surface area contributed by atoms with E-state index in [0.717, 1.165) is 12.8 Å². The molecular weight excluding hydrogens is 330 g/mol. The Morgan fingerprint density at radius 2 is 1.96 bits per heavy atom. The predicted molar refractivity (Wildman–Crippen MR) is 97.7 cm³/mol. The van der Waals surface area contributed by atoms with Crippen molar-refractivity contribution in [3.05, 3.63) is 29.9 Å². The van der Waals surface area contributed by atoms with E-state index in [9.17, 15) is 4.79 Å². The second kappa shape index (κ2) is 7.17. The molecule has 0 unspecified atom stereocenters. The molecule has 0 radical (unpaired) electrons. The Morgan fingerprint density at radius 1 is 1.23 bits per heavy atom. The molecule has 0 spiro atoms. The van der Waals surface area contributed by atoms with E-state index in [2.05, 4.69) is 35.9 Å². The number of esters is 1. The number of nitrogens with zero attached hydrogens (tertiary/aromatic N) is 3. The third-order valence-electron chi connectivity index (χ3n) is 5.77. The Balaban J connectivity index is 1.79. The summed E-state index contributed by atoms with van der Waals surface area (Å²) in [6.45, 7) is 6.85. The number of carbonyl (C=O) groups is 1. The Labute approximate surface area is 154 Å². The van der Waals surface area contributed by atoms with Gasteiger partial charge in [0.05, 0.1) is 12.7 Å². The maximum Gasteiger partial charge on any atom is 0.339 e. The van der Waals surface area contributed by atoms with Gasteiger partial charge in [0.2, 0.25) is 11.7 Å². The second-order valence-corrected chi connectivity index (χ2v) is 8.00. The number of ether oxygens (including phenoxy) is 1. The highest BCUT2D eigenvalue weighted by Gasteiger charge is 2.41. The van der Waals surface area contributed by atoms with E-state index in [1.54, 1.807) is 12.3 Å². The Bertz CT molecular complexity index is 776. The highest BCUT2D eigenvalue weighted by molar-refractivity contribution is 5.90. The summed E-state index contributed by atoms with van der Waals surface area (Å²) >= 11 is 0. The molecule has 6 nitrogen and oxygen atoms in total.